The first kappa shape index (κ1) is 22.4. The molecular formula is C22H24ClN7O4. The summed E-state index contributed by atoms with van der Waals surface area (Å²) in [5.41, 5.74) is 2.63. The molecule has 34 heavy (non-hydrogen) atoms. The lowest BCUT2D eigenvalue weighted by Gasteiger charge is -2.36. The van der Waals surface area contributed by atoms with Gasteiger partial charge in [0.15, 0.2) is 5.82 Å². The second kappa shape index (κ2) is 9.09. The molecule has 0 saturated carbocycles. The van der Waals surface area contributed by atoms with Gasteiger partial charge in [0.1, 0.15) is 12.7 Å². The number of urea groups is 1. The summed E-state index contributed by atoms with van der Waals surface area (Å²) in [5.74, 6) is 0.770. The van der Waals surface area contributed by atoms with Gasteiger partial charge in [0.05, 0.1) is 35.2 Å². The van der Waals surface area contributed by atoms with E-state index in [-0.39, 0.29) is 24.6 Å². The van der Waals surface area contributed by atoms with Crippen molar-refractivity contribution in [1.82, 2.24) is 19.7 Å². The Hall–Kier alpha value is -3.41. The lowest BCUT2D eigenvalue weighted by atomic mass is 10.1. The van der Waals surface area contributed by atoms with Crippen LogP contribution >= 0.6 is 11.6 Å². The number of aromatic nitrogens is 4. The van der Waals surface area contributed by atoms with Crippen LogP contribution in [0.3, 0.4) is 0 Å². The zero-order valence-corrected chi connectivity index (χ0v) is 19.2. The highest BCUT2D eigenvalue weighted by atomic mass is 35.5. The number of aliphatic hydroxyl groups is 2. The van der Waals surface area contributed by atoms with Crippen LogP contribution in [0.2, 0.25) is 5.02 Å². The van der Waals surface area contributed by atoms with Gasteiger partial charge in [0.2, 0.25) is 5.88 Å². The Morgan fingerprint density at radius 1 is 1.41 bits per heavy atom. The molecule has 5 rings (SSSR count). The van der Waals surface area contributed by atoms with Gasteiger partial charge in [-0.25, -0.2) is 14.8 Å². The number of anilines is 3. The smallest absolute Gasteiger partial charge is 0.327 e. The minimum atomic E-state index is -1.01. The lowest BCUT2D eigenvalue weighted by Crippen LogP contribution is -2.48. The van der Waals surface area contributed by atoms with Gasteiger partial charge >= 0.3 is 6.03 Å². The Kier molecular flexibility index (Phi) is 5.98. The van der Waals surface area contributed by atoms with Crippen molar-refractivity contribution in [3.05, 3.63) is 41.8 Å². The molecule has 5 heterocycles. The topological polar surface area (TPSA) is 129 Å². The van der Waals surface area contributed by atoms with E-state index in [0.717, 1.165) is 24.2 Å². The molecule has 2 amide bonds. The van der Waals surface area contributed by atoms with Crippen LogP contribution in [-0.2, 0) is 7.05 Å². The van der Waals surface area contributed by atoms with Crippen molar-refractivity contribution < 1.29 is 19.7 Å². The normalized spacial score (nSPS) is 17.5. The molecule has 3 aromatic rings. The van der Waals surface area contributed by atoms with Crippen molar-refractivity contribution in [2.24, 2.45) is 7.05 Å². The number of carbonyl (C=O) groups is 1. The maximum Gasteiger partial charge on any atom is 0.327 e. The average molecular weight is 486 g/mol. The Bertz CT molecular complexity index is 1220. The molecule has 2 aliphatic rings. The van der Waals surface area contributed by atoms with Gasteiger partial charge in [-0.3, -0.25) is 9.58 Å². The summed E-state index contributed by atoms with van der Waals surface area (Å²) in [5, 5.41) is 26.0. The van der Waals surface area contributed by atoms with Gasteiger partial charge in [0.25, 0.3) is 0 Å². The molecule has 1 fully saturated rings. The van der Waals surface area contributed by atoms with Crippen molar-refractivity contribution in [2.75, 3.05) is 41.4 Å². The zero-order valence-electron chi connectivity index (χ0n) is 18.4. The molecule has 178 valence electrons. The summed E-state index contributed by atoms with van der Waals surface area (Å²) < 4.78 is 7.06. The molecule has 3 N–H and O–H groups in total. The Balaban J connectivity index is 1.43. The van der Waals surface area contributed by atoms with E-state index in [1.807, 2.05) is 19.3 Å². The predicted molar refractivity (Wildman–Crippen MR) is 126 cm³/mol. The summed E-state index contributed by atoms with van der Waals surface area (Å²) in [6.45, 7) is 0.988. The van der Waals surface area contributed by atoms with Gasteiger partial charge in [0, 0.05) is 49.8 Å². The zero-order chi connectivity index (χ0) is 23.8. The Morgan fingerprint density at radius 2 is 2.26 bits per heavy atom. The predicted octanol–water partition coefficient (Wildman–Crippen LogP) is 1.89. The minimum Gasteiger partial charge on any atom is -0.475 e. The van der Waals surface area contributed by atoms with E-state index >= 15 is 0 Å². The molecule has 2 bridgehead atoms. The van der Waals surface area contributed by atoms with Crippen LogP contribution in [-0.4, -0.2) is 74.4 Å². The summed E-state index contributed by atoms with van der Waals surface area (Å²) in [7, 11) is 1.82. The third-order valence-corrected chi connectivity index (χ3v) is 6.14. The molecule has 3 aromatic heterocycles. The van der Waals surface area contributed by atoms with Crippen molar-refractivity contribution in [3.63, 3.8) is 0 Å². The SMILES string of the molecule is Cn1cc(-c2nc3c(cc2Cl)N2CC[C@@H](C2)N3C(=O)Nc2ccnc(OC[C@@H](O)CO)c2)cn1. The number of carbonyl (C=O) groups excluding carboxylic acids is 1. The molecule has 0 spiro atoms. The molecule has 11 nitrogen and oxygen atoms in total. The monoisotopic (exact) mass is 485 g/mol. The number of aryl methyl sites for hydroxylation is 1. The van der Waals surface area contributed by atoms with E-state index in [4.69, 9.17) is 26.4 Å². The van der Waals surface area contributed by atoms with Gasteiger partial charge in [-0.2, -0.15) is 5.10 Å². The number of hydrogen-bond donors (Lipinski definition) is 3. The maximum absolute atomic E-state index is 13.5. The summed E-state index contributed by atoms with van der Waals surface area (Å²) in [6, 6.07) is 4.71. The fourth-order valence-electron chi connectivity index (χ4n) is 4.22. The lowest BCUT2D eigenvalue weighted by molar-refractivity contribution is 0.0521. The Morgan fingerprint density at radius 3 is 3.03 bits per heavy atom. The highest BCUT2D eigenvalue weighted by molar-refractivity contribution is 6.33. The third-order valence-electron chi connectivity index (χ3n) is 5.85. The van der Waals surface area contributed by atoms with E-state index in [1.54, 1.807) is 27.9 Å². The van der Waals surface area contributed by atoms with Crippen molar-refractivity contribution >= 4 is 34.8 Å². The molecule has 1 saturated heterocycles. The first-order valence-electron chi connectivity index (χ1n) is 10.9. The van der Waals surface area contributed by atoms with Crippen molar-refractivity contribution in [1.29, 1.82) is 0 Å². The van der Waals surface area contributed by atoms with Gasteiger partial charge in [-0.05, 0) is 18.6 Å². The third kappa shape index (κ3) is 4.25. The summed E-state index contributed by atoms with van der Waals surface area (Å²) in [6.07, 6.45) is 4.82. The number of aliphatic hydroxyl groups excluding tert-OH is 2. The van der Waals surface area contributed by atoms with E-state index in [0.29, 0.717) is 28.8 Å². The maximum atomic E-state index is 13.5. The van der Waals surface area contributed by atoms with Crippen LogP contribution < -0.4 is 19.9 Å². The fraction of sp³-hybridized carbons (Fsp3) is 0.364. The van der Waals surface area contributed by atoms with Gasteiger partial charge in [-0.15, -0.1) is 0 Å². The van der Waals surface area contributed by atoms with Crippen molar-refractivity contribution in [2.45, 2.75) is 18.6 Å². The number of hydrogen-bond acceptors (Lipinski definition) is 8. The van der Waals surface area contributed by atoms with Gasteiger partial charge < -0.3 is 25.2 Å². The fourth-order valence-corrected chi connectivity index (χ4v) is 4.47. The van der Waals surface area contributed by atoms with Gasteiger partial charge in [-0.1, -0.05) is 11.6 Å². The van der Waals surface area contributed by atoms with E-state index in [9.17, 15) is 9.90 Å². The van der Waals surface area contributed by atoms with Crippen LogP contribution in [0, 0.1) is 0 Å². The molecule has 0 unspecified atom stereocenters. The highest BCUT2D eigenvalue weighted by Crippen LogP contribution is 2.43. The standard InChI is InChI=1S/C22H24ClN7O4/c1-28-9-13(8-25-28)20-17(23)7-18-21(27-20)30(15-3-5-29(18)10-15)22(33)26-14-2-4-24-19(6-14)34-12-16(32)11-31/h2,4,6-9,15-16,31-32H,3,5,10-12H2,1H3,(H,24,26,33)/t15-,16-/m0/s1. The molecule has 2 aliphatic heterocycles. The number of ether oxygens (including phenoxy) is 1. The largest absolute Gasteiger partial charge is 0.475 e. The molecule has 12 heteroatoms. The summed E-state index contributed by atoms with van der Waals surface area (Å²) >= 11 is 6.58. The number of fused-ring (bicyclic) bond motifs is 4. The minimum absolute atomic E-state index is 0.0276. The number of amides is 2. The molecule has 0 aliphatic carbocycles. The van der Waals surface area contributed by atoms with Crippen LogP contribution in [0.15, 0.2) is 36.8 Å². The number of halogens is 1. The number of nitrogens with zero attached hydrogens (tertiary/aromatic N) is 6. The number of nitrogens with one attached hydrogen (secondary N) is 1. The van der Waals surface area contributed by atoms with Crippen molar-refractivity contribution in [3.8, 4) is 17.1 Å². The van der Waals surface area contributed by atoms with E-state index in [2.05, 4.69) is 20.3 Å². The van der Waals surface area contributed by atoms with Crippen LogP contribution in [0.4, 0.5) is 22.0 Å². The summed E-state index contributed by atoms with van der Waals surface area (Å²) in [4.78, 5) is 26.2. The highest BCUT2D eigenvalue weighted by Gasteiger charge is 2.41. The average Bonchev–Trinajstić information content (AvgIpc) is 3.45. The Labute approximate surface area is 200 Å². The molecule has 2 atom stereocenters. The van der Waals surface area contributed by atoms with E-state index in [1.165, 1.54) is 6.20 Å². The number of rotatable bonds is 6. The quantitative estimate of drug-likeness (QED) is 0.483. The first-order chi connectivity index (χ1) is 16.4. The number of pyridine rings is 2. The molecular weight excluding hydrogens is 462 g/mol. The molecule has 0 aromatic carbocycles. The van der Waals surface area contributed by atoms with E-state index < -0.39 is 12.7 Å². The molecule has 0 radical (unpaired) electrons. The first-order valence-corrected chi connectivity index (χ1v) is 11.2. The second-order valence-corrected chi connectivity index (χ2v) is 8.69. The van der Waals surface area contributed by atoms with Crippen LogP contribution in [0.5, 0.6) is 5.88 Å². The van der Waals surface area contributed by atoms with Crippen LogP contribution in [0.1, 0.15) is 6.42 Å². The van der Waals surface area contributed by atoms with Crippen LogP contribution in [0.25, 0.3) is 11.3 Å². The second-order valence-electron chi connectivity index (χ2n) is 8.28.